The molecule has 0 radical (unpaired) electrons. The van der Waals surface area contributed by atoms with Crippen LogP contribution in [0.5, 0.6) is 0 Å². The number of aryl methyl sites for hydroxylation is 2. The SMILES string of the molecule is CCCCCCCCCn1cc[n+](CCCCC)c1CCC. The third-order valence-electron chi connectivity index (χ3n) is 4.57. The molecule has 0 atom stereocenters. The minimum atomic E-state index is 1.20. The first-order valence-corrected chi connectivity index (χ1v) is 9.90. The number of imidazole rings is 1. The number of aromatic nitrogens is 2. The van der Waals surface area contributed by atoms with Crippen molar-refractivity contribution in [2.75, 3.05) is 0 Å². The molecule has 0 aliphatic rings. The van der Waals surface area contributed by atoms with Crippen LogP contribution >= 0.6 is 0 Å². The van der Waals surface area contributed by atoms with Gasteiger partial charge in [0, 0.05) is 6.42 Å². The monoisotopic (exact) mass is 307 g/mol. The normalized spacial score (nSPS) is 11.2. The lowest BCUT2D eigenvalue weighted by atomic mass is 10.1. The Morgan fingerprint density at radius 1 is 0.773 bits per heavy atom. The van der Waals surface area contributed by atoms with Crippen molar-refractivity contribution in [3.8, 4) is 0 Å². The highest BCUT2D eigenvalue weighted by Gasteiger charge is 2.15. The molecule has 1 aromatic heterocycles. The molecule has 0 saturated heterocycles. The molecular weight excluding hydrogens is 268 g/mol. The lowest BCUT2D eigenvalue weighted by Crippen LogP contribution is -2.37. The molecule has 2 nitrogen and oxygen atoms in total. The lowest BCUT2D eigenvalue weighted by Gasteiger charge is -2.05. The molecule has 0 amide bonds. The second-order valence-electron chi connectivity index (χ2n) is 6.68. The minimum absolute atomic E-state index is 1.20. The second-order valence-corrected chi connectivity index (χ2v) is 6.68. The number of hydrogen-bond donors (Lipinski definition) is 0. The van der Waals surface area contributed by atoms with Gasteiger partial charge in [-0.1, -0.05) is 59.3 Å². The number of rotatable bonds is 14. The lowest BCUT2D eigenvalue weighted by molar-refractivity contribution is -0.704. The van der Waals surface area contributed by atoms with Crippen molar-refractivity contribution in [3.05, 3.63) is 18.2 Å². The number of nitrogens with zero attached hydrogens (tertiary/aromatic N) is 2. The molecule has 1 rings (SSSR count). The summed E-state index contributed by atoms with van der Waals surface area (Å²) in [5, 5.41) is 0. The molecule has 22 heavy (non-hydrogen) atoms. The van der Waals surface area contributed by atoms with Crippen molar-refractivity contribution in [2.24, 2.45) is 0 Å². The van der Waals surface area contributed by atoms with Crippen LogP contribution in [0, 0.1) is 0 Å². The molecule has 2 heteroatoms. The molecule has 0 N–H and O–H groups in total. The van der Waals surface area contributed by atoms with Crippen LogP contribution in [0.25, 0.3) is 0 Å². The van der Waals surface area contributed by atoms with Gasteiger partial charge >= 0.3 is 0 Å². The zero-order valence-corrected chi connectivity index (χ0v) is 15.4. The molecule has 0 saturated carbocycles. The van der Waals surface area contributed by atoms with E-state index in [4.69, 9.17) is 0 Å². The highest BCUT2D eigenvalue weighted by Crippen LogP contribution is 2.09. The van der Waals surface area contributed by atoms with Gasteiger partial charge in [-0.3, -0.25) is 0 Å². The summed E-state index contributed by atoms with van der Waals surface area (Å²) in [7, 11) is 0. The molecule has 0 unspecified atom stereocenters. The zero-order chi connectivity index (χ0) is 16.0. The quantitative estimate of drug-likeness (QED) is 0.309. The third kappa shape index (κ3) is 7.47. The van der Waals surface area contributed by atoms with Crippen molar-refractivity contribution in [1.29, 1.82) is 0 Å². The first-order valence-electron chi connectivity index (χ1n) is 9.90. The summed E-state index contributed by atoms with van der Waals surface area (Å²) >= 11 is 0. The van der Waals surface area contributed by atoms with Gasteiger partial charge in [-0.05, 0) is 32.1 Å². The smallest absolute Gasteiger partial charge is 0.234 e. The topological polar surface area (TPSA) is 8.81 Å². The fourth-order valence-electron chi connectivity index (χ4n) is 3.19. The van der Waals surface area contributed by atoms with Gasteiger partial charge in [-0.15, -0.1) is 0 Å². The van der Waals surface area contributed by atoms with E-state index in [0.29, 0.717) is 0 Å². The van der Waals surface area contributed by atoms with Crippen LogP contribution in [0.15, 0.2) is 12.4 Å². The Labute approximate surface area is 138 Å². The summed E-state index contributed by atoms with van der Waals surface area (Å²) in [4.78, 5) is 0. The molecule has 1 aromatic rings. The van der Waals surface area contributed by atoms with Crippen LogP contribution < -0.4 is 4.57 Å². The van der Waals surface area contributed by atoms with Gasteiger partial charge in [0.2, 0.25) is 0 Å². The maximum Gasteiger partial charge on any atom is 0.256 e. The summed E-state index contributed by atoms with van der Waals surface area (Å²) < 4.78 is 5.02. The summed E-state index contributed by atoms with van der Waals surface area (Å²) in [5.74, 6) is 1.55. The standard InChI is InChI=1S/C20H39N2/c1-4-7-9-10-11-12-14-17-22-19-18-21(16-13-8-5-2)20(22)15-6-3/h18-19H,4-17H2,1-3H3/q+1. The van der Waals surface area contributed by atoms with Gasteiger partial charge in [0.1, 0.15) is 12.4 Å². The van der Waals surface area contributed by atoms with Gasteiger partial charge in [-0.25, -0.2) is 9.13 Å². The molecule has 0 aliphatic heterocycles. The fourth-order valence-corrected chi connectivity index (χ4v) is 3.19. The Bertz CT molecular complexity index is 368. The Morgan fingerprint density at radius 3 is 2.09 bits per heavy atom. The minimum Gasteiger partial charge on any atom is -0.234 e. The van der Waals surface area contributed by atoms with Crippen molar-refractivity contribution in [1.82, 2.24) is 4.57 Å². The molecular formula is C20H39N2+. The first-order chi connectivity index (χ1) is 10.8. The van der Waals surface area contributed by atoms with Crippen LogP contribution in [0.3, 0.4) is 0 Å². The van der Waals surface area contributed by atoms with E-state index < -0.39 is 0 Å². The van der Waals surface area contributed by atoms with Gasteiger partial charge in [0.05, 0.1) is 13.1 Å². The van der Waals surface area contributed by atoms with Crippen molar-refractivity contribution in [2.45, 2.75) is 111 Å². The number of hydrogen-bond acceptors (Lipinski definition) is 0. The van der Waals surface area contributed by atoms with Gasteiger partial charge in [0.15, 0.2) is 0 Å². The van der Waals surface area contributed by atoms with E-state index in [1.165, 1.54) is 90.1 Å². The average Bonchev–Trinajstić information content (AvgIpc) is 2.90. The van der Waals surface area contributed by atoms with Crippen LogP contribution in [-0.4, -0.2) is 4.57 Å². The highest BCUT2D eigenvalue weighted by atomic mass is 15.1. The molecule has 128 valence electrons. The molecule has 0 aromatic carbocycles. The van der Waals surface area contributed by atoms with Gasteiger partial charge in [0.25, 0.3) is 5.82 Å². The number of unbranched alkanes of at least 4 members (excludes halogenated alkanes) is 8. The summed E-state index contributed by atoms with van der Waals surface area (Å²) in [5.41, 5.74) is 0. The average molecular weight is 308 g/mol. The Morgan fingerprint density at radius 2 is 1.41 bits per heavy atom. The van der Waals surface area contributed by atoms with Crippen LogP contribution in [0.2, 0.25) is 0 Å². The third-order valence-corrected chi connectivity index (χ3v) is 4.57. The first kappa shape index (κ1) is 19.3. The van der Waals surface area contributed by atoms with Crippen LogP contribution in [-0.2, 0) is 19.5 Å². The molecule has 0 fully saturated rings. The Hall–Kier alpha value is -0.790. The summed E-state index contributed by atoms with van der Waals surface area (Å²) in [6.45, 7) is 9.28. The fraction of sp³-hybridized carbons (Fsp3) is 0.850. The maximum absolute atomic E-state index is 2.52. The predicted octanol–water partition coefficient (Wildman–Crippen LogP) is 5.67. The van der Waals surface area contributed by atoms with E-state index in [0.717, 1.165) is 0 Å². The Kier molecular flexibility index (Phi) is 11.1. The molecule has 0 aliphatic carbocycles. The van der Waals surface area contributed by atoms with E-state index >= 15 is 0 Å². The van der Waals surface area contributed by atoms with Crippen LogP contribution in [0.4, 0.5) is 0 Å². The highest BCUT2D eigenvalue weighted by molar-refractivity contribution is 4.84. The van der Waals surface area contributed by atoms with Gasteiger partial charge < -0.3 is 0 Å². The summed E-state index contributed by atoms with van der Waals surface area (Å²) in [6, 6.07) is 0. The van der Waals surface area contributed by atoms with Gasteiger partial charge in [-0.2, -0.15) is 0 Å². The largest absolute Gasteiger partial charge is 0.256 e. The summed E-state index contributed by atoms with van der Waals surface area (Å²) in [6.07, 6.45) is 20.8. The zero-order valence-electron chi connectivity index (χ0n) is 15.4. The van der Waals surface area contributed by atoms with E-state index in [9.17, 15) is 0 Å². The second kappa shape index (κ2) is 12.7. The van der Waals surface area contributed by atoms with Crippen molar-refractivity contribution in [3.63, 3.8) is 0 Å². The van der Waals surface area contributed by atoms with E-state index in [1.54, 1.807) is 5.82 Å². The molecule has 0 spiro atoms. The van der Waals surface area contributed by atoms with Crippen LogP contribution in [0.1, 0.15) is 97.2 Å². The molecule has 0 bridgehead atoms. The molecule has 1 heterocycles. The van der Waals surface area contributed by atoms with Crippen molar-refractivity contribution >= 4 is 0 Å². The van der Waals surface area contributed by atoms with E-state index in [-0.39, 0.29) is 0 Å². The Balaban J connectivity index is 2.35. The predicted molar refractivity (Wildman–Crippen MR) is 96.1 cm³/mol. The van der Waals surface area contributed by atoms with E-state index in [1.807, 2.05) is 0 Å². The van der Waals surface area contributed by atoms with E-state index in [2.05, 4.69) is 42.3 Å². The van der Waals surface area contributed by atoms with Crippen molar-refractivity contribution < 1.29 is 4.57 Å². The maximum atomic E-state index is 2.52.